The van der Waals surface area contributed by atoms with Gasteiger partial charge in [0.15, 0.2) is 11.5 Å². The fourth-order valence-electron chi connectivity index (χ4n) is 1.10. The number of aliphatic hydroxyl groups is 1. The van der Waals surface area contributed by atoms with Gasteiger partial charge in [0.25, 0.3) is 0 Å². The second-order valence-corrected chi connectivity index (χ2v) is 2.55. The van der Waals surface area contributed by atoms with E-state index in [1.807, 2.05) is 0 Å². The molecule has 0 saturated carbocycles. The number of aromatic hydroxyl groups is 1. The summed E-state index contributed by atoms with van der Waals surface area (Å²) < 4.78 is 17.8. The van der Waals surface area contributed by atoms with Crippen LogP contribution in [0.2, 0.25) is 0 Å². The van der Waals surface area contributed by atoms with Gasteiger partial charge in [-0.25, -0.2) is 4.39 Å². The summed E-state index contributed by atoms with van der Waals surface area (Å²) in [5, 5.41) is 18.0. The van der Waals surface area contributed by atoms with Gasteiger partial charge in [0, 0.05) is 18.6 Å². The topological polar surface area (TPSA) is 49.7 Å². The average Bonchev–Trinajstić information content (AvgIpc) is 2.12. The zero-order valence-electron chi connectivity index (χ0n) is 7.25. The van der Waals surface area contributed by atoms with E-state index in [0.29, 0.717) is 0 Å². The largest absolute Gasteiger partial charge is 0.504 e. The van der Waals surface area contributed by atoms with Crippen molar-refractivity contribution in [3.63, 3.8) is 0 Å². The molecule has 0 amide bonds. The lowest BCUT2D eigenvalue weighted by molar-refractivity contribution is 0.293. The van der Waals surface area contributed by atoms with Gasteiger partial charge >= 0.3 is 0 Å². The summed E-state index contributed by atoms with van der Waals surface area (Å²) in [7, 11) is 1.38. The zero-order chi connectivity index (χ0) is 9.84. The number of benzene rings is 1. The van der Waals surface area contributed by atoms with Crippen LogP contribution in [0.5, 0.6) is 11.5 Å². The lowest BCUT2D eigenvalue weighted by Gasteiger charge is -2.08. The highest BCUT2D eigenvalue weighted by atomic mass is 19.1. The number of hydrogen-bond acceptors (Lipinski definition) is 3. The van der Waals surface area contributed by atoms with Crippen LogP contribution in [0.3, 0.4) is 0 Å². The normalized spacial score (nSPS) is 10.1. The van der Waals surface area contributed by atoms with E-state index >= 15 is 0 Å². The molecule has 0 aliphatic carbocycles. The first-order chi connectivity index (χ1) is 6.20. The Balaban J connectivity index is 3.13. The predicted octanol–water partition coefficient (Wildman–Crippen LogP) is 1.07. The Morgan fingerprint density at radius 2 is 2.15 bits per heavy atom. The molecule has 0 unspecified atom stereocenters. The van der Waals surface area contributed by atoms with E-state index in [9.17, 15) is 9.50 Å². The van der Waals surface area contributed by atoms with Crippen LogP contribution in [-0.2, 0) is 6.42 Å². The summed E-state index contributed by atoms with van der Waals surface area (Å²) in [5.41, 5.74) is 0.0850. The smallest absolute Gasteiger partial charge is 0.163 e. The van der Waals surface area contributed by atoms with Crippen molar-refractivity contribution in [1.82, 2.24) is 0 Å². The van der Waals surface area contributed by atoms with Gasteiger partial charge < -0.3 is 14.9 Å². The van der Waals surface area contributed by atoms with Crippen LogP contribution in [-0.4, -0.2) is 23.9 Å². The molecule has 1 aromatic carbocycles. The monoisotopic (exact) mass is 186 g/mol. The summed E-state index contributed by atoms with van der Waals surface area (Å²) in [6.45, 7) is -0.211. The minimum absolute atomic E-state index is 0.0782. The molecule has 0 aliphatic heterocycles. The van der Waals surface area contributed by atoms with Crippen molar-refractivity contribution in [3.05, 3.63) is 23.5 Å². The third-order valence-corrected chi connectivity index (χ3v) is 1.77. The highest BCUT2D eigenvalue weighted by Gasteiger charge is 2.12. The number of ether oxygens (including phenoxy) is 1. The molecule has 0 saturated heterocycles. The Morgan fingerprint density at radius 3 is 2.69 bits per heavy atom. The molecule has 0 atom stereocenters. The number of hydrogen-bond donors (Lipinski definition) is 2. The fraction of sp³-hybridized carbons (Fsp3) is 0.333. The van der Waals surface area contributed by atoms with Crippen LogP contribution in [0.15, 0.2) is 12.1 Å². The van der Waals surface area contributed by atoms with Gasteiger partial charge in [-0.3, -0.25) is 0 Å². The molecular formula is C9H11FO3. The minimum atomic E-state index is -0.535. The number of phenolic OH excluding ortho intramolecular Hbond substituents is 1. The fourth-order valence-corrected chi connectivity index (χ4v) is 1.10. The van der Waals surface area contributed by atoms with Crippen LogP contribution in [0, 0.1) is 5.82 Å². The summed E-state index contributed by atoms with van der Waals surface area (Å²) >= 11 is 0. The van der Waals surface area contributed by atoms with Crippen molar-refractivity contribution in [2.45, 2.75) is 6.42 Å². The molecule has 0 aliphatic rings. The van der Waals surface area contributed by atoms with Crippen molar-refractivity contribution in [2.75, 3.05) is 13.7 Å². The van der Waals surface area contributed by atoms with E-state index in [1.165, 1.54) is 19.2 Å². The Labute approximate surface area is 75.4 Å². The maximum Gasteiger partial charge on any atom is 0.163 e. The second-order valence-electron chi connectivity index (χ2n) is 2.55. The number of halogens is 1. The van der Waals surface area contributed by atoms with E-state index in [1.54, 1.807) is 0 Å². The maximum atomic E-state index is 13.0. The predicted molar refractivity (Wildman–Crippen MR) is 45.4 cm³/mol. The SMILES string of the molecule is COc1ccc(F)c(CCO)c1O. The number of phenols is 1. The van der Waals surface area contributed by atoms with Crippen LogP contribution in [0.1, 0.15) is 5.56 Å². The Kier molecular flexibility index (Phi) is 3.08. The van der Waals surface area contributed by atoms with Gasteiger partial charge in [-0.1, -0.05) is 0 Å². The van der Waals surface area contributed by atoms with Gasteiger partial charge in [0.05, 0.1) is 7.11 Å². The van der Waals surface area contributed by atoms with Crippen LogP contribution in [0.25, 0.3) is 0 Å². The third-order valence-electron chi connectivity index (χ3n) is 1.77. The maximum absolute atomic E-state index is 13.0. The van der Waals surface area contributed by atoms with Crippen molar-refractivity contribution in [2.24, 2.45) is 0 Å². The van der Waals surface area contributed by atoms with Gasteiger partial charge in [-0.05, 0) is 12.1 Å². The molecule has 13 heavy (non-hydrogen) atoms. The van der Waals surface area contributed by atoms with E-state index < -0.39 is 5.82 Å². The van der Waals surface area contributed by atoms with Crippen LogP contribution in [0.4, 0.5) is 4.39 Å². The van der Waals surface area contributed by atoms with Crippen molar-refractivity contribution >= 4 is 0 Å². The Bertz CT molecular complexity index is 299. The Morgan fingerprint density at radius 1 is 1.46 bits per heavy atom. The minimum Gasteiger partial charge on any atom is -0.504 e. The standard InChI is InChI=1S/C9H11FO3/c1-13-8-3-2-7(10)6(4-5-11)9(8)12/h2-3,11-12H,4-5H2,1H3. The molecule has 72 valence electrons. The number of rotatable bonds is 3. The highest BCUT2D eigenvalue weighted by molar-refractivity contribution is 5.46. The summed E-state index contributed by atoms with van der Waals surface area (Å²) in [5.74, 6) is -0.561. The lowest BCUT2D eigenvalue weighted by Crippen LogP contribution is -1.97. The first-order valence-corrected chi connectivity index (χ1v) is 3.86. The first kappa shape index (κ1) is 9.80. The molecule has 0 radical (unpaired) electrons. The zero-order valence-corrected chi connectivity index (χ0v) is 7.25. The first-order valence-electron chi connectivity index (χ1n) is 3.86. The van der Waals surface area contributed by atoms with E-state index in [-0.39, 0.29) is 30.1 Å². The van der Waals surface area contributed by atoms with E-state index in [0.717, 1.165) is 0 Å². The molecule has 4 heteroatoms. The second kappa shape index (κ2) is 4.09. The van der Waals surface area contributed by atoms with Crippen LogP contribution < -0.4 is 4.74 Å². The molecule has 1 rings (SSSR count). The van der Waals surface area contributed by atoms with Crippen molar-refractivity contribution in [1.29, 1.82) is 0 Å². The van der Waals surface area contributed by atoms with Crippen molar-refractivity contribution in [3.8, 4) is 11.5 Å². The highest BCUT2D eigenvalue weighted by Crippen LogP contribution is 2.31. The molecule has 0 spiro atoms. The number of aliphatic hydroxyl groups excluding tert-OH is 1. The molecule has 0 fully saturated rings. The molecule has 0 aromatic heterocycles. The Hall–Kier alpha value is -1.29. The number of methoxy groups -OCH3 is 1. The summed E-state index contributed by atoms with van der Waals surface area (Å²) in [6, 6.07) is 2.54. The molecular weight excluding hydrogens is 175 g/mol. The van der Waals surface area contributed by atoms with Gasteiger partial charge in [0.2, 0.25) is 0 Å². The lowest BCUT2D eigenvalue weighted by atomic mass is 10.1. The van der Waals surface area contributed by atoms with Gasteiger partial charge in [-0.15, -0.1) is 0 Å². The summed E-state index contributed by atoms with van der Waals surface area (Å²) in [6.07, 6.45) is 0.0782. The molecule has 0 bridgehead atoms. The summed E-state index contributed by atoms with van der Waals surface area (Å²) in [4.78, 5) is 0. The van der Waals surface area contributed by atoms with E-state index in [2.05, 4.69) is 0 Å². The quantitative estimate of drug-likeness (QED) is 0.742. The van der Waals surface area contributed by atoms with Gasteiger partial charge in [0.1, 0.15) is 5.82 Å². The molecule has 1 aromatic rings. The average molecular weight is 186 g/mol. The molecule has 2 N–H and O–H groups in total. The van der Waals surface area contributed by atoms with Crippen molar-refractivity contribution < 1.29 is 19.3 Å². The molecule has 0 heterocycles. The van der Waals surface area contributed by atoms with E-state index in [4.69, 9.17) is 9.84 Å². The van der Waals surface area contributed by atoms with Crippen LogP contribution >= 0.6 is 0 Å². The molecule has 3 nitrogen and oxygen atoms in total. The third kappa shape index (κ3) is 1.89. The van der Waals surface area contributed by atoms with Gasteiger partial charge in [-0.2, -0.15) is 0 Å².